The standard InChI is InChI=1S/C33H40F2N4O3/c1-30(2,3)28-36-29(42-38-28)32-15-13-31(19-32,14-16-32)20-39(27(40)22-9-11-33(34,35)12-10-22)24-6-4-5-23(17-24)25-18-26(41-37-25)21-7-8-21/h4-6,17-18,21-22H,7-16,19-20H2,1-3H3. The number of amides is 1. The molecule has 2 bridgehead atoms. The van der Waals surface area contributed by atoms with E-state index in [1.54, 1.807) is 0 Å². The zero-order valence-electron chi connectivity index (χ0n) is 24.8. The van der Waals surface area contributed by atoms with Crippen molar-refractivity contribution in [3.05, 3.63) is 47.8 Å². The Morgan fingerprint density at radius 2 is 1.71 bits per heavy atom. The second kappa shape index (κ2) is 9.71. The number of rotatable bonds is 7. The highest BCUT2D eigenvalue weighted by atomic mass is 19.3. The van der Waals surface area contributed by atoms with Gasteiger partial charge in [0.15, 0.2) is 5.82 Å². The molecule has 42 heavy (non-hydrogen) atoms. The lowest BCUT2D eigenvalue weighted by Gasteiger charge is -2.37. The number of alkyl halides is 2. The monoisotopic (exact) mass is 578 g/mol. The second-order valence-corrected chi connectivity index (χ2v) is 14.6. The predicted octanol–water partition coefficient (Wildman–Crippen LogP) is 7.96. The molecule has 4 aliphatic carbocycles. The number of carbonyl (C=O) groups excluding carboxylic acids is 1. The van der Waals surface area contributed by atoms with E-state index in [1.807, 2.05) is 35.2 Å². The molecule has 4 aliphatic rings. The molecule has 0 unspecified atom stereocenters. The molecule has 9 heteroatoms. The molecule has 7 nitrogen and oxygen atoms in total. The van der Waals surface area contributed by atoms with Crippen LogP contribution in [0, 0.1) is 11.3 Å². The summed E-state index contributed by atoms with van der Waals surface area (Å²) in [5, 5.41) is 8.62. The highest BCUT2D eigenvalue weighted by Crippen LogP contribution is 2.62. The Bertz CT molecular complexity index is 1470. The van der Waals surface area contributed by atoms with Crippen LogP contribution in [0.2, 0.25) is 0 Å². The molecule has 3 aromatic rings. The van der Waals surface area contributed by atoms with E-state index in [4.69, 9.17) is 14.0 Å². The van der Waals surface area contributed by atoms with Gasteiger partial charge in [-0.3, -0.25) is 4.79 Å². The highest BCUT2D eigenvalue weighted by molar-refractivity contribution is 5.96. The number of fused-ring (bicyclic) bond motifs is 2. The third-order valence-corrected chi connectivity index (χ3v) is 10.3. The van der Waals surface area contributed by atoms with Gasteiger partial charge in [-0.15, -0.1) is 0 Å². The van der Waals surface area contributed by atoms with Gasteiger partial charge >= 0.3 is 0 Å². The van der Waals surface area contributed by atoms with E-state index in [9.17, 15) is 13.6 Å². The molecule has 1 amide bonds. The molecular weight excluding hydrogens is 538 g/mol. The van der Waals surface area contributed by atoms with Crippen LogP contribution in [0.4, 0.5) is 14.5 Å². The molecule has 0 radical (unpaired) electrons. The summed E-state index contributed by atoms with van der Waals surface area (Å²) in [6.45, 7) is 6.79. The van der Waals surface area contributed by atoms with Crippen molar-refractivity contribution in [3.63, 3.8) is 0 Å². The van der Waals surface area contributed by atoms with Crippen molar-refractivity contribution in [1.29, 1.82) is 0 Å². The van der Waals surface area contributed by atoms with Crippen LogP contribution in [-0.4, -0.2) is 33.7 Å². The predicted molar refractivity (Wildman–Crippen MR) is 153 cm³/mol. The molecular formula is C33H40F2N4O3. The number of hydrogen-bond donors (Lipinski definition) is 0. The van der Waals surface area contributed by atoms with E-state index in [0.29, 0.717) is 12.5 Å². The summed E-state index contributed by atoms with van der Waals surface area (Å²) >= 11 is 0. The van der Waals surface area contributed by atoms with E-state index < -0.39 is 11.8 Å². The lowest BCUT2D eigenvalue weighted by Crippen LogP contribution is -2.44. The first kappa shape index (κ1) is 27.7. The Morgan fingerprint density at radius 1 is 0.976 bits per heavy atom. The molecule has 2 aromatic heterocycles. The van der Waals surface area contributed by atoms with Crippen LogP contribution in [0.3, 0.4) is 0 Å². The van der Waals surface area contributed by atoms with Crippen molar-refractivity contribution in [3.8, 4) is 11.3 Å². The van der Waals surface area contributed by atoms with Gasteiger partial charge in [0.05, 0.1) is 5.41 Å². The molecule has 0 saturated heterocycles. The first-order valence-electron chi connectivity index (χ1n) is 15.6. The maximum atomic E-state index is 14.2. The largest absolute Gasteiger partial charge is 0.360 e. The number of aromatic nitrogens is 3. The molecule has 224 valence electrons. The van der Waals surface area contributed by atoms with Crippen LogP contribution in [0.15, 0.2) is 39.4 Å². The number of anilines is 1. The van der Waals surface area contributed by atoms with Gasteiger partial charge in [0.25, 0.3) is 0 Å². The SMILES string of the molecule is CC(C)(C)c1noc(C23CCC(CN(C(=O)C4CCC(F)(F)CC4)c4cccc(-c5cc(C6CC6)on5)c4)(CC2)C3)n1. The zero-order valence-corrected chi connectivity index (χ0v) is 24.8. The molecule has 4 fully saturated rings. The van der Waals surface area contributed by atoms with Gasteiger partial charge in [-0.1, -0.05) is 43.2 Å². The maximum Gasteiger partial charge on any atom is 0.248 e. The van der Waals surface area contributed by atoms with Gasteiger partial charge in [0.1, 0.15) is 11.5 Å². The minimum absolute atomic E-state index is 0.0481. The lowest BCUT2D eigenvalue weighted by molar-refractivity contribution is -0.126. The van der Waals surface area contributed by atoms with Crippen molar-refractivity contribution >= 4 is 11.6 Å². The first-order valence-corrected chi connectivity index (χ1v) is 15.6. The Balaban J connectivity index is 1.18. The summed E-state index contributed by atoms with van der Waals surface area (Å²) in [6.07, 6.45) is 6.90. The minimum Gasteiger partial charge on any atom is -0.360 e. The summed E-state index contributed by atoms with van der Waals surface area (Å²) in [5.41, 5.74) is 1.99. The molecule has 0 aliphatic heterocycles. The maximum absolute atomic E-state index is 14.2. The molecule has 0 atom stereocenters. The van der Waals surface area contributed by atoms with Crippen molar-refractivity contribution in [2.24, 2.45) is 11.3 Å². The summed E-state index contributed by atoms with van der Waals surface area (Å²) in [7, 11) is 0. The fourth-order valence-corrected chi connectivity index (χ4v) is 7.54. The smallest absolute Gasteiger partial charge is 0.248 e. The third-order valence-electron chi connectivity index (χ3n) is 10.3. The van der Waals surface area contributed by atoms with E-state index in [1.165, 1.54) is 0 Å². The van der Waals surface area contributed by atoms with Crippen LogP contribution in [0.25, 0.3) is 11.3 Å². The fourth-order valence-electron chi connectivity index (χ4n) is 7.54. The Morgan fingerprint density at radius 3 is 2.38 bits per heavy atom. The van der Waals surface area contributed by atoms with Crippen LogP contribution >= 0.6 is 0 Å². The van der Waals surface area contributed by atoms with Gasteiger partial charge in [0, 0.05) is 54.0 Å². The summed E-state index contributed by atoms with van der Waals surface area (Å²) in [5.74, 6) is -0.327. The number of hydrogen-bond acceptors (Lipinski definition) is 6. The highest BCUT2D eigenvalue weighted by Gasteiger charge is 2.58. The van der Waals surface area contributed by atoms with Gasteiger partial charge in [0.2, 0.25) is 17.7 Å². The number of halogens is 2. The number of benzene rings is 1. The van der Waals surface area contributed by atoms with Gasteiger partial charge < -0.3 is 13.9 Å². The zero-order chi connectivity index (χ0) is 29.3. The molecule has 4 saturated carbocycles. The Kier molecular flexibility index (Phi) is 6.41. The molecule has 7 rings (SSSR count). The number of carbonyl (C=O) groups is 1. The molecule has 1 aromatic carbocycles. The average Bonchev–Trinajstić information content (AvgIpc) is 3.35. The minimum atomic E-state index is -2.68. The number of nitrogens with zero attached hydrogens (tertiary/aromatic N) is 4. The lowest BCUT2D eigenvalue weighted by atomic mass is 9.81. The van der Waals surface area contributed by atoms with Crippen LogP contribution in [0.5, 0.6) is 0 Å². The van der Waals surface area contributed by atoms with Crippen molar-refractivity contribution in [1.82, 2.24) is 15.3 Å². The van der Waals surface area contributed by atoms with Gasteiger partial charge in [-0.2, -0.15) is 4.98 Å². The Hall–Kier alpha value is -3.10. The molecule has 0 N–H and O–H groups in total. The van der Waals surface area contributed by atoms with Crippen LogP contribution < -0.4 is 4.90 Å². The van der Waals surface area contributed by atoms with Crippen molar-refractivity contribution in [2.45, 2.75) is 114 Å². The summed E-state index contributed by atoms with van der Waals surface area (Å²) < 4.78 is 39.5. The first-order chi connectivity index (χ1) is 19.9. The summed E-state index contributed by atoms with van der Waals surface area (Å²) in [6, 6.07) is 9.90. The average molecular weight is 579 g/mol. The fraction of sp³-hybridized carbons (Fsp3) is 0.636. The van der Waals surface area contributed by atoms with Gasteiger partial charge in [-0.05, 0) is 75.3 Å². The second-order valence-electron chi connectivity index (χ2n) is 14.6. The Labute approximate surface area is 245 Å². The normalized spacial score (nSPS) is 27.5. The van der Waals surface area contributed by atoms with Crippen LogP contribution in [0.1, 0.15) is 115 Å². The molecule has 2 heterocycles. The van der Waals surface area contributed by atoms with E-state index in [-0.39, 0.29) is 47.8 Å². The van der Waals surface area contributed by atoms with Crippen molar-refractivity contribution in [2.75, 3.05) is 11.4 Å². The van der Waals surface area contributed by atoms with E-state index in [2.05, 4.69) is 31.1 Å². The van der Waals surface area contributed by atoms with Crippen molar-refractivity contribution < 1.29 is 22.6 Å². The molecule has 0 spiro atoms. The van der Waals surface area contributed by atoms with Crippen LogP contribution in [-0.2, 0) is 15.6 Å². The van der Waals surface area contributed by atoms with E-state index in [0.717, 1.165) is 79.4 Å². The van der Waals surface area contributed by atoms with E-state index >= 15 is 0 Å². The quantitative estimate of drug-likeness (QED) is 0.283. The van der Waals surface area contributed by atoms with Gasteiger partial charge in [-0.25, -0.2) is 8.78 Å². The summed E-state index contributed by atoms with van der Waals surface area (Å²) in [4.78, 5) is 20.9. The third kappa shape index (κ3) is 5.06. The topological polar surface area (TPSA) is 85.3 Å².